The Morgan fingerprint density at radius 3 is 3.00 bits per heavy atom. The zero-order chi connectivity index (χ0) is 9.14. The van der Waals surface area contributed by atoms with Gasteiger partial charge >= 0.3 is 5.69 Å². The van der Waals surface area contributed by atoms with Gasteiger partial charge in [-0.05, 0) is 6.42 Å². The van der Waals surface area contributed by atoms with E-state index in [2.05, 4.69) is 16.5 Å². The fraction of sp³-hybridized carbons (Fsp3) is 0.286. The van der Waals surface area contributed by atoms with Crippen molar-refractivity contribution in [2.75, 3.05) is 5.73 Å². The largest absolute Gasteiger partial charge is 0.368 e. The quantitative estimate of drug-likeness (QED) is 0.676. The van der Waals surface area contributed by atoms with Gasteiger partial charge in [0.1, 0.15) is 6.33 Å². The monoisotopic (exact) mass is 166 g/mol. The first kappa shape index (κ1) is 8.45. The molecule has 0 amide bonds. The Bertz CT molecular complexity index is 355. The van der Waals surface area contributed by atoms with Crippen molar-refractivity contribution in [2.45, 2.75) is 13.3 Å². The van der Waals surface area contributed by atoms with Crippen molar-refractivity contribution in [2.24, 2.45) is 0 Å². The molecule has 1 aromatic rings. The van der Waals surface area contributed by atoms with Crippen LogP contribution in [0.15, 0.2) is 17.7 Å². The van der Waals surface area contributed by atoms with E-state index < -0.39 is 5.69 Å². The van der Waals surface area contributed by atoms with Gasteiger partial charge in [0, 0.05) is 5.70 Å². The molecule has 1 rings (SSSR count). The highest BCUT2D eigenvalue weighted by Crippen LogP contribution is 1.99. The molecule has 0 radical (unpaired) electrons. The van der Waals surface area contributed by atoms with E-state index in [1.807, 2.05) is 6.92 Å². The zero-order valence-corrected chi connectivity index (χ0v) is 6.82. The predicted molar refractivity (Wildman–Crippen MR) is 46.3 cm³/mol. The summed E-state index contributed by atoms with van der Waals surface area (Å²) in [5, 5.41) is 0. The minimum Gasteiger partial charge on any atom is -0.368 e. The Morgan fingerprint density at radius 1 is 1.83 bits per heavy atom. The summed E-state index contributed by atoms with van der Waals surface area (Å²) in [5.41, 5.74) is 5.42. The minimum absolute atomic E-state index is 0.0137. The average molecular weight is 166 g/mol. The van der Waals surface area contributed by atoms with Gasteiger partial charge in [-0.2, -0.15) is 4.98 Å². The summed E-state index contributed by atoms with van der Waals surface area (Å²) in [6.07, 6.45) is 2.00. The van der Waals surface area contributed by atoms with Gasteiger partial charge in [0.05, 0.1) is 0 Å². The molecular formula is C7H10N4O. The van der Waals surface area contributed by atoms with Crippen molar-refractivity contribution in [3.05, 3.63) is 23.4 Å². The molecule has 0 fully saturated rings. The molecule has 0 aliphatic carbocycles. The van der Waals surface area contributed by atoms with Gasteiger partial charge in [-0.15, -0.1) is 0 Å². The highest BCUT2D eigenvalue weighted by molar-refractivity contribution is 5.39. The lowest BCUT2D eigenvalue weighted by atomic mass is 10.4. The molecule has 0 saturated carbocycles. The molecule has 0 unspecified atom stereocenters. The summed E-state index contributed by atoms with van der Waals surface area (Å²) >= 11 is 0. The number of nitrogen functional groups attached to an aromatic ring is 1. The molecule has 0 aromatic carbocycles. The second-order valence-electron chi connectivity index (χ2n) is 2.29. The maximum atomic E-state index is 11.1. The van der Waals surface area contributed by atoms with Crippen LogP contribution in [0.25, 0.3) is 5.70 Å². The third kappa shape index (κ3) is 1.50. The summed E-state index contributed by atoms with van der Waals surface area (Å²) in [6, 6.07) is 0. The maximum absolute atomic E-state index is 11.1. The van der Waals surface area contributed by atoms with Gasteiger partial charge in [-0.1, -0.05) is 13.5 Å². The van der Waals surface area contributed by atoms with Crippen molar-refractivity contribution in [3.8, 4) is 0 Å². The molecule has 0 spiro atoms. The van der Waals surface area contributed by atoms with E-state index in [0.29, 0.717) is 12.1 Å². The maximum Gasteiger partial charge on any atom is 0.356 e. The highest BCUT2D eigenvalue weighted by atomic mass is 16.1. The fourth-order valence-corrected chi connectivity index (χ4v) is 0.734. The smallest absolute Gasteiger partial charge is 0.356 e. The summed E-state index contributed by atoms with van der Waals surface area (Å²) < 4.78 is 1.27. The number of anilines is 1. The van der Waals surface area contributed by atoms with Gasteiger partial charge in [0.25, 0.3) is 0 Å². The molecule has 0 bridgehead atoms. The van der Waals surface area contributed by atoms with Crippen LogP contribution in [0.2, 0.25) is 0 Å². The minimum atomic E-state index is -0.436. The standard InChI is InChI=1S/C7H10N4O/c1-3-5(2)11-4-9-6(8)10-7(11)12/h4H,2-3H2,1H3,(H2,8,10,12). The van der Waals surface area contributed by atoms with Crippen LogP contribution in [0, 0.1) is 0 Å². The van der Waals surface area contributed by atoms with Gasteiger partial charge in [-0.3, -0.25) is 4.57 Å². The highest BCUT2D eigenvalue weighted by Gasteiger charge is 1.99. The Labute approximate surface area is 69.6 Å². The van der Waals surface area contributed by atoms with Crippen LogP contribution in [0.1, 0.15) is 13.3 Å². The van der Waals surface area contributed by atoms with Crippen molar-refractivity contribution in [1.82, 2.24) is 14.5 Å². The van der Waals surface area contributed by atoms with Crippen molar-refractivity contribution >= 4 is 11.6 Å². The summed E-state index contributed by atoms with van der Waals surface area (Å²) in [7, 11) is 0. The Kier molecular flexibility index (Phi) is 2.23. The van der Waals surface area contributed by atoms with E-state index in [4.69, 9.17) is 5.73 Å². The number of hydrogen-bond acceptors (Lipinski definition) is 4. The molecule has 0 aliphatic rings. The second kappa shape index (κ2) is 3.17. The Balaban J connectivity index is 3.19. The first-order valence-corrected chi connectivity index (χ1v) is 3.54. The second-order valence-corrected chi connectivity index (χ2v) is 2.29. The molecular weight excluding hydrogens is 156 g/mol. The summed E-state index contributed by atoms with van der Waals surface area (Å²) in [6.45, 7) is 5.57. The number of nitrogens with two attached hydrogens (primary N) is 1. The lowest BCUT2D eigenvalue weighted by molar-refractivity contribution is 0.859. The van der Waals surface area contributed by atoms with E-state index >= 15 is 0 Å². The summed E-state index contributed by atoms with van der Waals surface area (Å²) in [4.78, 5) is 18.2. The van der Waals surface area contributed by atoms with Crippen molar-refractivity contribution in [1.29, 1.82) is 0 Å². The fourth-order valence-electron chi connectivity index (χ4n) is 0.734. The van der Waals surface area contributed by atoms with E-state index in [-0.39, 0.29) is 5.95 Å². The van der Waals surface area contributed by atoms with E-state index in [1.54, 1.807) is 0 Å². The van der Waals surface area contributed by atoms with Gasteiger partial charge in [0.2, 0.25) is 5.95 Å². The number of aromatic nitrogens is 3. The molecule has 2 N–H and O–H groups in total. The normalized spacial score (nSPS) is 9.75. The Hall–Kier alpha value is -1.65. The molecule has 0 atom stereocenters. The number of nitrogens with zero attached hydrogens (tertiary/aromatic N) is 3. The number of rotatable bonds is 2. The molecule has 0 aliphatic heterocycles. The van der Waals surface area contributed by atoms with E-state index in [0.717, 1.165) is 0 Å². The van der Waals surface area contributed by atoms with Crippen LogP contribution in [0.4, 0.5) is 5.95 Å². The van der Waals surface area contributed by atoms with Gasteiger partial charge < -0.3 is 5.73 Å². The van der Waals surface area contributed by atoms with Crippen LogP contribution < -0.4 is 11.4 Å². The SMILES string of the molecule is C=C(CC)n1cnc(N)nc1=O. The number of hydrogen-bond donors (Lipinski definition) is 1. The van der Waals surface area contributed by atoms with Crippen LogP contribution in [-0.2, 0) is 0 Å². The molecule has 12 heavy (non-hydrogen) atoms. The third-order valence-electron chi connectivity index (χ3n) is 1.47. The Morgan fingerprint density at radius 2 is 2.50 bits per heavy atom. The summed E-state index contributed by atoms with van der Waals surface area (Å²) in [5.74, 6) is -0.0137. The van der Waals surface area contributed by atoms with E-state index in [1.165, 1.54) is 10.9 Å². The molecule has 1 heterocycles. The predicted octanol–water partition coefficient (Wildman–Crippen LogP) is 0.101. The molecule has 5 heteroatoms. The molecule has 0 saturated heterocycles. The van der Waals surface area contributed by atoms with Crippen LogP contribution in [0.3, 0.4) is 0 Å². The molecule has 64 valence electrons. The average Bonchev–Trinajstić information content (AvgIpc) is 2.03. The van der Waals surface area contributed by atoms with Crippen LogP contribution in [0.5, 0.6) is 0 Å². The van der Waals surface area contributed by atoms with Crippen molar-refractivity contribution < 1.29 is 0 Å². The zero-order valence-electron chi connectivity index (χ0n) is 6.82. The van der Waals surface area contributed by atoms with Crippen LogP contribution in [-0.4, -0.2) is 14.5 Å². The van der Waals surface area contributed by atoms with Gasteiger partial charge in [0.15, 0.2) is 0 Å². The van der Waals surface area contributed by atoms with Crippen LogP contribution >= 0.6 is 0 Å². The number of allylic oxidation sites excluding steroid dienone is 1. The topological polar surface area (TPSA) is 73.8 Å². The molecule has 5 nitrogen and oxygen atoms in total. The third-order valence-corrected chi connectivity index (χ3v) is 1.47. The van der Waals surface area contributed by atoms with Gasteiger partial charge in [-0.25, -0.2) is 9.78 Å². The lowest BCUT2D eigenvalue weighted by Crippen LogP contribution is -2.23. The van der Waals surface area contributed by atoms with Crippen molar-refractivity contribution in [3.63, 3.8) is 0 Å². The first-order valence-electron chi connectivity index (χ1n) is 3.54. The lowest BCUT2D eigenvalue weighted by Gasteiger charge is -2.03. The molecule has 1 aromatic heterocycles. The first-order chi connectivity index (χ1) is 5.65. The van der Waals surface area contributed by atoms with E-state index in [9.17, 15) is 4.79 Å².